The number of fused-ring (bicyclic) bond motifs is 3. The van der Waals surface area contributed by atoms with E-state index in [1.165, 1.54) is 4.57 Å². The number of rotatable bonds is 5. The quantitative estimate of drug-likeness (QED) is 0.507. The highest BCUT2D eigenvalue weighted by Crippen LogP contribution is 2.28. The number of aromatic nitrogens is 4. The Kier molecular flexibility index (Phi) is 4.38. The normalized spacial score (nSPS) is 11.3. The maximum Gasteiger partial charge on any atom is 0.262 e. The lowest BCUT2D eigenvalue weighted by molar-refractivity contribution is 0.337. The van der Waals surface area contributed by atoms with Crippen molar-refractivity contribution in [2.45, 2.75) is 17.8 Å². The van der Waals surface area contributed by atoms with E-state index in [0.717, 1.165) is 22.0 Å². The summed E-state index contributed by atoms with van der Waals surface area (Å²) >= 11 is 1.57. The summed E-state index contributed by atoms with van der Waals surface area (Å²) < 4.78 is 9.17. The van der Waals surface area contributed by atoms with Crippen molar-refractivity contribution in [1.29, 1.82) is 0 Å². The van der Waals surface area contributed by atoms with Crippen molar-refractivity contribution < 1.29 is 4.74 Å². The Balaban J connectivity index is 1.78. The lowest BCUT2D eigenvalue weighted by Gasteiger charge is -2.10. The van der Waals surface area contributed by atoms with Gasteiger partial charge < -0.3 is 4.74 Å². The van der Waals surface area contributed by atoms with Crippen LogP contribution in [0.5, 0.6) is 5.75 Å². The molecule has 0 fully saturated rings. The first-order chi connectivity index (χ1) is 12.7. The summed E-state index contributed by atoms with van der Waals surface area (Å²) in [5.74, 6) is 2.12. The molecule has 26 heavy (non-hydrogen) atoms. The Bertz CT molecular complexity index is 1150. The van der Waals surface area contributed by atoms with E-state index in [1.807, 2.05) is 53.8 Å². The average molecular weight is 366 g/mol. The van der Waals surface area contributed by atoms with Gasteiger partial charge in [0, 0.05) is 18.4 Å². The summed E-state index contributed by atoms with van der Waals surface area (Å²) in [5, 5.41) is 9.94. The molecule has 0 saturated heterocycles. The van der Waals surface area contributed by atoms with Crippen LogP contribution in [0.1, 0.15) is 12.5 Å². The van der Waals surface area contributed by atoms with Gasteiger partial charge in [0.2, 0.25) is 5.78 Å². The first-order valence-corrected chi connectivity index (χ1v) is 9.35. The van der Waals surface area contributed by atoms with Crippen molar-refractivity contribution in [3.63, 3.8) is 0 Å². The van der Waals surface area contributed by atoms with Gasteiger partial charge in [-0.2, -0.15) is 0 Å². The van der Waals surface area contributed by atoms with E-state index in [0.29, 0.717) is 23.5 Å². The minimum atomic E-state index is -0.0706. The van der Waals surface area contributed by atoms with Gasteiger partial charge in [-0.25, -0.2) is 0 Å². The van der Waals surface area contributed by atoms with Gasteiger partial charge in [0.1, 0.15) is 5.75 Å². The summed E-state index contributed by atoms with van der Waals surface area (Å²) in [6.45, 7) is 2.60. The Morgan fingerprint density at radius 3 is 2.69 bits per heavy atom. The summed E-state index contributed by atoms with van der Waals surface area (Å²) in [7, 11) is 1.72. The van der Waals surface area contributed by atoms with Crippen molar-refractivity contribution in [1.82, 2.24) is 19.2 Å². The highest BCUT2D eigenvalue weighted by atomic mass is 32.2. The number of hydrogen-bond donors (Lipinski definition) is 0. The van der Waals surface area contributed by atoms with E-state index >= 15 is 0 Å². The molecule has 2 heterocycles. The maximum atomic E-state index is 12.5. The van der Waals surface area contributed by atoms with E-state index in [9.17, 15) is 4.79 Å². The largest absolute Gasteiger partial charge is 0.494 e. The smallest absolute Gasteiger partial charge is 0.262 e. The molecule has 0 N–H and O–H groups in total. The SMILES string of the molecule is CCOc1ccccc1CSc1nnc2n(C)c(=O)c3ccccc3n12. The molecule has 0 radical (unpaired) electrons. The first-order valence-electron chi connectivity index (χ1n) is 8.37. The molecule has 0 atom stereocenters. The van der Waals surface area contributed by atoms with E-state index in [1.54, 1.807) is 18.8 Å². The molecule has 4 rings (SSSR count). The molecule has 0 aliphatic carbocycles. The topological polar surface area (TPSA) is 61.4 Å². The zero-order chi connectivity index (χ0) is 18.1. The minimum absolute atomic E-state index is 0.0706. The van der Waals surface area contributed by atoms with Gasteiger partial charge >= 0.3 is 0 Å². The number of aryl methyl sites for hydroxylation is 1. The minimum Gasteiger partial charge on any atom is -0.494 e. The molecule has 132 valence electrons. The number of hydrogen-bond acceptors (Lipinski definition) is 5. The molecular formula is C19H18N4O2S. The van der Waals surface area contributed by atoms with Gasteiger partial charge in [-0.3, -0.25) is 13.8 Å². The fourth-order valence-electron chi connectivity index (χ4n) is 2.97. The van der Waals surface area contributed by atoms with Gasteiger partial charge in [0.15, 0.2) is 5.16 Å². The van der Waals surface area contributed by atoms with Crippen LogP contribution in [0.2, 0.25) is 0 Å². The van der Waals surface area contributed by atoms with Crippen LogP contribution in [-0.2, 0) is 12.8 Å². The molecule has 7 heteroatoms. The zero-order valence-corrected chi connectivity index (χ0v) is 15.4. The Morgan fingerprint density at radius 2 is 1.85 bits per heavy atom. The van der Waals surface area contributed by atoms with E-state index in [4.69, 9.17) is 4.74 Å². The second-order valence-corrected chi connectivity index (χ2v) is 6.77. The van der Waals surface area contributed by atoms with Gasteiger partial charge in [0.25, 0.3) is 5.56 Å². The molecule has 0 bridgehead atoms. The standard InChI is InChI=1S/C19H18N4O2S/c1-3-25-16-11-7-4-8-13(16)12-26-19-21-20-18-22(2)17(24)14-9-5-6-10-15(14)23(18)19/h4-11H,3,12H2,1-2H3. The number of thioether (sulfide) groups is 1. The van der Waals surface area contributed by atoms with Crippen molar-refractivity contribution in [2.75, 3.05) is 6.61 Å². The lowest BCUT2D eigenvalue weighted by atomic mass is 10.2. The van der Waals surface area contributed by atoms with Crippen molar-refractivity contribution in [3.8, 4) is 5.75 Å². The molecule has 6 nitrogen and oxygen atoms in total. The van der Waals surface area contributed by atoms with Gasteiger partial charge in [0.05, 0.1) is 17.5 Å². The molecular weight excluding hydrogens is 348 g/mol. The molecule has 0 saturated carbocycles. The number of nitrogens with zero attached hydrogens (tertiary/aromatic N) is 4. The van der Waals surface area contributed by atoms with Crippen LogP contribution in [0.3, 0.4) is 0 Å². The third kappa shape index (κ3) is 2.74. The molecule has 0 amide bonds. The first kappa shape index (κ1) is 16.7. The molecule has 4 aromatic rings. The van der Waals surface area contributed by atoms with Crippen molar-refractivity contribution in [2.24, 2.45) is 7.05 Å². The Hall–Kier alpha value is -2.80. The monoisotopic (exact) mass is 366 g/mol. The van der Waals surface area contributed by atoms with Gasteiger partial charge in [-0.05, 0) is 25.1 Å². The molecule has 0 aliphatic heterocycles. The van der Waals surface area contributed by atoms with Crippen molar-refractivity contribution in [3.05, 3.63) is 64.4 Å². The highest BCUT2D eigenvalue weighted by molar-refractivity contribution is 7.98. The second-order valence-electron chi connectivity index (χ2n) is 5.83. The van der Waals surface area contributed by atoms with E-state index < -0.39 is 0 Å². The fourth-order valence-corrected chi connectivity index (χ4v) is 3.90. The summed E-state index contributed by atoms with van der Waals surface area (Å²) in [6, 6.07) is 15.5. The van der Waals surface area contributed by atoms with Crippen LogP contribution >= 0.6 is 11.8 Å². The number of benzene rings is 2. The second kappa shape index (κ2) is 6.84. The van der Waals surface area contributed by atoms with Crippen LogP contribution in [0.15, 0.2) is 58.5 Å². The van der Waals surface area contributed by atoms with E-state index in [-0.39, 0.29) is 5.56 Å². The Morgan fingerprint density at radius 1 is 1.08 bits per heavy atom. The predicted molar refractivity (Wildman–Crippen MR) is 103 cm³/mol. The van der Waals surface area contributed by atoms with Gasteiger partial charge in [-0.15, -0.1) is 10.2 Å². The van der Waals surface area contributed by atoms with Crippen molar-refractivity contribution >= 4 is 28.4 Å². The molecule has 2 aromatic heterocycles. The fraction of sp³-hybridized carbons (Fsp3) is 0.211. The molecule has 0 spiro atoms. The lowest BCUT2D eigenvalue weighted by Crippen LogP contribution is -2.20. The van der Waals surface area contributed by atoms with Crippen LogP contribution in [-0.4, -0.2) is 25.8 Å². The van der Waals surface area contributed by atoms with Crippen LogP contribution < -0.4 is 10.3 Å². The predicted octanol–water partition coefficient (Wildman–Crippen LogP) is 3.27. The summed E-state index contributed by atoms with van der Waals surface area (Å²) in [4.78, 5) is 12.5. The number of ether oxygens (including phenoxy) is 1. The van der Waals surface area contributed by atoms with Gasteiger partial charge in [-0.1, -0.05) is 42.1 Å². The zero-order valence-electron chi connectivity index (χ0n) is 14.5. The molecule has 0 unspecified atom stereocenters. The molecule has 0 aliphatic rings. The highest BCUT2D eigenvalue weighted by Gasteiger charge is 2.15. The van der Waals surface area contributed by atoms with Crippen LogP contribution in [0.25, 0.3) is 16.7 Å². The third-order valence-corrected chi connectivity index (χ3v) is 5.20. The Labute approximate surface area is 154 Å². The van der Waals surface area contributed by atoms with Crippen LogP contribution in [0.4, 0.5) is 0 Å². The summed E-state index contributed by atoms with van der Waals surface area (Å²) in [5.41, 5.74) is 1.85. The number of para-hydroxylation sites is 2. The summed E-state index contributed by atoms with van der Waals surface area (Å²) in [6.07, 6.45) is 0. The van der Waals surface area contributed by atoms with E-state index in [2.05, 4.69) is 16.3 Å². The average Bonchev–Trinajstić information content (AvgIpc) is 3.10. The molecule has 2 aromatic carbocycles. The third-order valence-electron chi connectivity index (χ3n) is 4.23. The maximum absolute atomic E-state index is 12.5. The van der Waals surface area contributed by atoms with Crippen LogP contribution in [0, 0.1) is 0 Å².